The minimum absolute atomic E-state index is 0.112. The summed E-state index contributed by atoms with van der Waals surface area (Å²) in [5.41, 5.74) is 8.33. The van der Waals surface area contributed by atoms with Gasteiger partial charge >= 0.3 is 0 Å². The van der Waals surface area contributed by atoms with E-state index >= 15 is 0 Å². The molecule has 3 heterocycles. The van der Waals surface area contributed by atoms with Crippen molar-refractivity contribution in [1.29, 1.82) is 0 Å². The molecule has 3 aromatic heterocycles. The maximum Gasteiger partial charge on any atom is 0.221 e. The lowest BCUT2D eigenvalue weighted by molar-refractivity contribution is 0.261. The molecule has 11 heteroatoms. The third-order valence-electron chi connectivity index (χ3n) is 5.18. The zero-order valence-electron chi connectivity index (χ0n) is 19.1. The first-order valence-electron chi connectivity index (χ1n) is 10.8. The second-order valence-corrected chi connectivity index (χ2v) is 7.98. The zero-order chi connectivity index (χ0) is 24.4. The van der Waals surface area contributed by atoms with Gasteiger partial charge in [-0.1, -0.05) is 0 Å². The number of hydrogen-bond acceptors (Lipinski definition) is 9. The normalized spacial score (nSPS) is 11.3. The number of hydrogen-bond donors (Lipinski definition) is 1. The minimum Gasteiger partial charge on any atom is -0.492 e. The van der Waals surface area contributed by atoms with Crippen LogP contribution in [-0.4, -0.2) is 57.0 Å². The van der Waals surface area contributed by atoms with E-state index in [2.05, 4.69) is 20.3 Å². The third kappa shape index (κ3) is 4.75. The highest BCUT2D eigenvalue weighted by Gasteiger charge is 2.21. The molecule has 0 amide bonds. The summed E-state index contributed by atoms with van der Waals surface area (Å²) in [5, 5.41) is 7.61. The molecule has 0 saturated carbocycles. The topological polar surface area (TPSA) is 117 Å². The Hall–Kier alpha value is -4.51. The summed E-state index contributed by atoms with van der Waals surface area (Å²) in [7, 11) is 3.98. The van der Waals surface area contributed by atoms with Crippen LogP contribution in [0.4, 0.5) is 10.2 Å². The molecule has 0 aliphatic rings. The van der Waals surface area contributed by atoms with Crippen LogP contribution in [0.5, 0.6) is 17.4 Å². The van der Waals surface area contributed by atoms with Crippen molar-refractivity contribution >= 4 is 16.9 Å². The molecule has 0 atom stereocenters. The Labute approximate surface area is 199 Å². The summed E-state index contributed by atoms with van der Waals surface area (Å²) in [6.07, 6.45) is 1.58. The first kappa shape index (κ1) is 22.3. The van der Waals surface area contributed by atoms with E-state index in [0.717, 1.165) is 18.0 Å². The molecule has 0 bridgehead atoms. The summed E-state index contributed by atoms with van der Waals surface area (Å²) in [6, 6.07) is 15.0. The quantitative estimate of drug-likeness (QED) is 0.356. The molecule has 178 valence electrons. The fourth-order valence-electron chi connectivity index (χ4n) is 3.45. The Kier molecular flexibility index (Phi) is 5.98. The number of nitrogens with two attached hydrogens (primary N) is 1. The first-order chi connectivity index (χ1) is 17.0. The number of rotatable bonds is 8. The number of benzene rings is 2. The monoisotopic (exact) mass is 475 g/mol. The zero-order valence-corrected chi connectivity index (χ0v) is 19.1. The van der Waals surface area contributed by atoms with Gasteiger partial charge in [-0.15, -0.1) is 0 Å². The van der Waals surface area contributed by atoms with Gasteiger partial charge in [0.25, 0.3) is 0 Å². The van der Waals surface area contributed by atoms with Crippen LogP contribution >= 0.6 is 0 Å². The number of anilines is 1. The van der Waals surface area contributed by atoms with Gasteiger partial charge < -0.3 is 20.1 Å². The van der Waals surface area contributed by atoms with Crippen molar-refractivity contribution in [3.63, 3.8) is 0 Å². The Bertz CT molecular complexity index is 1450. The maximum absolute atomic E-state index is 13.3. The lowest BCUT2D eigenvalue weighted by Gasteiger charge is -2.12. The van der Waals surface area contributed by atoms with Crippen LogP contribution in [0.15, 0.2) is 65.4 Å². The number of pyridine rings is 1. The molecular formula is C24H22FN7O3. The van der Waals surface area contributed by atoms with E-state index in [4.69, 9.17) is 19.8 Å². The molecule has 35 heavy (non-hydrogen) atoms. The highest BCUT2D eigenvalue weighted by Crippen LogP contribution is 2.32. The van der Waals surface area contributed by atoms with Gasteiger partial charge in [0.15, 0.2) is 17.3 Å². The summed E-state index contributed by atoms with van der Waals surface area (Å²) in [5.74, 6) is 1.70. The average Bonchev–Trinajstić information content (AvgIpc) is 3.43. The van der Waals surface area contributed by atoms with Gasteiger partial charge in [-0.3, -0.25) is 4.57 Å². The van der Waals surface area contributed by atoms with E-state index < -0.39 is 0 Å². The molecule has 2 aromatic carbocycles. The number of ether oxygens (including phenoxy) is 2. The number of likely N-dealkylation sites (N-methyl/N-ethyl adjacent to an activating group) is 1. The van der Waals surface area contributed by atoms with Crippen LogP contribution in [0.2, 0.25) is 0 Å². The van der Waals surface area contributed by atoms with E-state index in [9.17, 15) is 4.39 Å². The SMILES string of the molecule is CN(C)CCOc1ccc(-n2c(-c3nonc3N)nc3cnc(Oc4ccc(F)cc4)cc32)cc1. The van der Waals surface area contributed by atoms with Crippen LogP contribution in [0.1, 0.15) is 0 Å². The van der Waals surface area contributed by atoms with Crippen molar-refractivity contribution in [1.82, 2.24) is 29.7 Å². The third-order valence-corrected chi connectivity index (χ3v) is 5.18. The van der Waals surface area contributed by atoms with Crippen LogP contribution < -0.4 is 15.2 Å². The van der Waals surface area contributed by atoms with Crippen molar-refractivity contribution in [3.05, 3.63) is 66.6 Å². The molecule has 0 unspecified atom stereocenters. The Morgan fingerprint density at radius 2 is 1.77 bits per heavy atom. The van der Waals surface area contributed by atoms with Crippen molar-refractivity contribution in [2.45, 2.75) is 0 Å². The van der Waals surface area contributed by atoms with Gasteiger partial charge in [0.05, 0.1) is 11.7 Å². The molecule has 10 nitrogen and oxygen atoms in total. The molecule has 0 saturated heterocycles. The van der Waals surface area contributed by atoms with Gasteiger partial charge in [-0.2, -0.15) is 0 Å². The van der Waals surface area contributed by atoms with Crippen molar-refractivity contribution in [2.75, 3.05) is 33.0 Å². The Morgan fingerprint density at radius 1 is 1.03 bits per heavy atom. The highest BCUT2D eigenvalue weighted by atomic mass is 19.1. The molecule has 0 fully saturated rings. The predicted octanol–water partition coefficient (Wildman–Crippen LogP) is 3.92. The van der Waals surface area contributed by atoms with E-state index in [1.165, 1.54) is 24.3 Å². The van der Waals surface area contributed by atoms with Gasteiger partial charge in [0.2, 0.25) is 5.88 Å². The van der Waals surface area contributed by atoms with Crippen LogP contribution in [-0.2, 0) is 0 Å². The maximum atomic E-state index is 13.3. The number of imidazole rings is 1. The minimum atomic E-state index is -0.351. The molecule has 2 N–H and O–H groups in total. The van der Waals surface area contributed by atoms with Gasteiger partial charge in [-0.25, -0.2) is 19.0 Å². The number of nitrogens with zero attached hydrogens (tertiary/aromatic N) is 6. The van der Waals surface area contributed by atoms with Crippen LogP contribution in [0, 0.1) is 5.82 Å². The van der Waals surface area contributed by atoms with E-state index in [-0.39, 0.29) is 11.6 Å². The molecule has 0 spiro atoms. The first-order valence-corrected chi connectivity index (χ1v) is 10.8. The second-order valence-electron chi connectivity index (χ2n) is 7.98. The average molecular weight is 475 g/mol. The number of fused-ring (bicyclic) bond motifs is 1. The van der Waals surface area contributed by atoms with Crippen molar-refractivity contribution in [3.8, 4) is 34.6 Å². The highest BCUT2D eigenvalue weighted by molar-refractivity contribution is 5.84. The van der Waals surface area contributed by atoms with Crippen LogP contribution in [0.3, 0.4) is 0 Å². The van der Waals surface area contributed by atoms with Gasteiger partial charge in [-0.05, 0) is 72.9 Å². The molecule has 5 rings (SSSR count). The molecular weight excluding hydrogens is 453 g/mol. The summed E-state index contributed by atoms with van der Waals surface area (Å²) in [4.78, 5) is 11.0. The standard InChI is InChI=1S/C24H22FN7O3/c1-31(2)11-12-33-17-9-5-16(6-10-17)32-20-13-21(34-18-7-3-15(25)4-8-18)27-14-19(20)28-24(32)22-23(26)30-35-29-22/h3-10,13-14H,11-12H2,1-2H3,(H2,26,30). The lowest BCUT2D eigenvalue weighted by atomic mass is 10.2. The smallest absolute Gasteiger partial charge is 0.221 e. The number of nitrogen functional groups attached to an aromatic ring is 1. The van der Waals surface area contributed by atoms with Crippen molar-refractivity contribution in [2.24, 2.45) is 0 Å². The fraction of sp³-hybridized carbons (Fsp3) is 0.167. The number of halogens is 1. The summed E-state index contributed by atoms with van der Waals surface area (Å²) >= 11 is 0. The van der Waals surface area contributed by atoms with E-state index in [0.29, 0.717) is 40.8 Å². The summed E-state index contributed by atoms with van der Waals surface area (Å²) in [6.45, 7) is 1.38. The van der Waals surface area contributed by atoms with E-state index in [1.807, 2.05) is 47.8 Å². The predicted molar refractivity (Wildman–Crippen MR) is 127 cm³/mol. The molecule has 0 radical (unpaired) electrons. The van der Waals surface area contributed by atoms with Gasteiger partial charge in [0, 0.05) is 18.3 Å². The molecule has 0 aliphatic heterocycles. The molecule has 5 aromatic rings. The summed E-state index contributed by atoms with van der Waals surface area (Å²) < 4.78 is 31.6. The Balaban J connectivity index is 1.55. The van der Waals surface area contributed by atoms with Crippen molar-refractivity contribution < 1.29 is 18.5 Å². The van der Waals surface area contributed by atoms with E-state index in [1.54, 1.807) is 12.3 Å². The number of aromatic nitrogens is 5. The largest absolute Gasteiger partial charge is 0.492 e. The lowest BCUT2D eigenvalue weighted by Crippen LogP contribution is -2.19. The van der Waals surface area contributed by atoms with Crippen LogP contribution in [0.25, 0.3) is 28.2 Å². The Morgan fingerprint density at radius 3 is 2.46 bits per heavy atom. The fourth-order valence-corrected chi connectivity index (χ4v) is 3.45. The molecule has 0 aliphatic carbocycles. The second kappa shape index (κ2) is 9.39. The van der Waals surface area contributed by atoms with Gasteiger partial charge in [0.1, 0.15) is 29.4 Å².